The fourth-order valence-electron chi connectivity index (χ4n) is 2.17. The minimum absolute atomic E-state index is 0. The standard InChI is InChI=1S/C15H22N2O2.ClH/c1-11(2)12-3-5-13(6-4-12)17-14(18)15(16)7-9-19-10-8-15;/h3-6,11H,7-10,16H2,1-2H3,(H,17,18);1H. The van der Waals surface area contributed by atoms with Gasteiger partial charge < -0.3 is 15.8 Å². The average molecular weight is 299 g/mol. The number of halogens is 1. The Morgan fingerprint density at radius 1 is 1.25 bits per heavy atom. The highest BCUT2D eigenvalue weighted by Gasteiger charge is 2.35. The van der Waals surface area contributed by atoms with E-state index in [4.69, 9.17) is 10.5 Å². The molecule has 0 atom stereocenters. The Labute approximate surface area is 126 Å². The smallest absolute Gasteiger partial charge is 0.244 e. The number of ether oxygens (including phenoxy) is 1. The van der Waals surface area contributed by atoms with Crippen LogP contribution in [0.25, 0.3) is 0 Å². The van der Waals surface area contributed by atoms with Crippen molar-refractivity contribution in [3.05, 3.63) is 29.8 Å². The summed E-state index contributed by atoms with van der Waals surface area (Å²) in [5.74, 6) is 0.370. The lowest BCUT2D eigenvalue weighted by Gasteiger charge is -2.31. The zero-order chi connectivity index (χ0) is 13.9. The first-order valence-electron chi connectivity index (χ1n) is 6.79. The molecule has 0 aliphatic carbocycles. The Hall–Kier alpha value is -1.10. The molecule has 5 heteroatoms. The number of nitrogens with one attached hydrogen (secondary N) is 1. The summed E-state index contributed by atoms with van der Waals surface area (Å²) in [5.41, 5.74) is 7.39. The number of anilines is 1. The van der Waals surface area contributed by atoms with Gasteiger partial charge in [0.25, 0.3) is 0 Å². The van der Waals surface area contributed by atoms with Crippen molar-refractivity contribution in [2.75, 3.05) is 18.5 Å². The van der Waals surface area contributed by atoms with Gasteiger partial charge in [-0.2, -0.15) is 0 Å². The van der Waals surface area contributed by atoms with E-state index in [9.17, 15) is 4.79 Å². The summed E-state index contributed by atoms with van der Waals surface area (Å²) < 4.78 is 5.25. The molecule has 1 amide bonds. The molecule has 4 nitrogen and oxygen atoms in total. The second-order valence-electron chi connectivity index (χ2n) is 5.50. The van der Waals surface area contributed by atoms with E-state index in [1.807, 2.05) is 24.3 Å². The van der Waals surface area contributed by atoms with E-state index in [0.717, 1.165) is 5.69 Å². The van der Waals surface area contributed by atoms with E-state index in [0.29, 0.717) is 32.0 Å². The molecule has 3 N–H and O–H groups in total. The number of amides is 1. The van der Waals surface area contributed by atoms with Gasteiger partial charge in [0.2, 0.25) is 5.91 Å². The summed E-state index contributed by atoms with van der Waals surface area (Å²) in [5, 5.41) is 2.90. The first kappa shape index (κ1) is 17.0. The molecule has 20 heavy (non-hydrogen) atoms. The van der Waals surface area contributed by atoms with Gasteiger partial charge in [-0.05, 0) is 36.5 Å². The summed E-state index contributed by atoms with van der Waals surface area (Å²) in [6, 6.07) is 7.92. The molecule has 1 aromatic rings. The molecular weight excluding hydrogens is 276 g/mol. The van der Waals surface area contributed by atoms with Gasteiger partial charge in [-0.3, -0.25) is 4.79 Å². The molecule has 1 aliphatic rings. The van der Waals surface area contributed by atoms with Crippen molar-refractivity contribution in [2.24, 2.45) is 5.73 Å². The Morgan fingerprint density at radius 2 is 1.80 bits per heavy atom. The lowest BCUT2D eigenvalue weighted by molar-refractivity contribution is -0.124. The van der Waals surface area contributed by atoms with Crippen molar-refractivity contribution >= 4 is 24.0 Å². The third kappa shape index (κ3) is 3.95. The largest absolute Gasteiger partial charge is 0.381 e. The van der Waals surface area contributed by atoms with Crippen LogP contribution in [0.4, 0.5) is 5.69 Å². The molecule has 112 valence electrons. The summed E-state index contributed by atoms with van der Waals surface area (Å²) in [6.45, 7) is 5.39. The number of carbonyl (C=O) groups excluding carboxylic acids is 1. The van der Waals surface area contributed by atoms with Gasteiger partial charge in [0.15, 0.2) is 0 Å². The first-order chi connectivity index (χ1) is 9.01. The van der Waals surface area contributed by atoms with Gasteiger partial charge in [0.05, 0.1) is 0 Å². The van der Waals surface area contributed by atoms with E-state index in [2.05, 4.69) is 19.2 Å². The van der Waals surface area contributed by atoms with Crippen molar-refractivity contribution in [3.63, 3.8) is 0 Å². The third-order valence-corrected chi connectivity index (χ3v) is 3.67. The number of nitrogens with two attached hydrogens (primary N) is 1. The highest BCUT2D eigenvalue weighted by molar-refractivity contribution is 5.98. The SMILES string of the molecule is CC(C)c1ccc(NC(=O)C2(N)CCOCC2)cc1.Cl. The highest BCUT2D eigenvalue weighted by atomic mass is 35.5. The minimum Gasteiger partial charge on any atom is -0.381 e. The van der Waals surface area contributed by atoms with Crippen molar-refractivity contribution in [3.8, 4) is 0 Å². The van der Waals surface area contributed by atoms with E-state index in [1.54, 1.807) is 0 Å². The fraction of sp³-hybridized carbons (Fsp3) is 0.533. The molecule has 0 radical (unpaired) electrons. The van der Waals surface area contributed by atoms with Crippen LogP contribution in [0.2, 0.25) is 0 Å². The molecule has 1 saturated heterocycles. The molecule has 0 saturated carbocycles. The highest BCUT2D eigenvalue weighted by Crippen LogP contribution is 2.21. The first-order valence-corrected chi connectivity index (χ1v) is 6.79. The van der Waals surface area contributed by atoms with Gasteiger partial charge in [0, 0.05) is 18.9 Å². The normalized spacial score (nSPS) is 17.4. The average Bonchev–Trinajstić information content (AvgIpc) is 2.40. The van der Waals surface area contributed by atoms with Crippen LogP contribution in [-0.2, 0) is 9.53 Å². The molecule has 0 unspecified atom stereocenters. The number of rotatable bonds is 3. The van der Waals surface area contributed by atoms with Crippen LogP contribution >= 0.6 is 12.4 Å². The second kappa shape index (κ2) is 7.07. The van der Waals surface area contributed by atoms with Crippen molar-refractivity contribution in [1.29, 1.82) is 0 Å². The zero-order valence-electron chi connectivity index (χ0n) is 12.0. The van der Waals surface area contributed by atoms with Crippen molar-refractivity contribution in [2.45, 2.75) is 38.1 Å². The summed E-state index contributed by atoms with van der Waals surface area (Å²) >= 11 is 0. The predicted octanol–water partition coefficient (Wildman–Crippen LogP) is 2.68. The maximum Gasteiger partial charge on any atom is 0.244 e. The van der Waals surface area contributed by atoms with Crippen molar-refractivity contribution < 1.29 is 9.53 Å². The Balaban J connectivity index is 0.00000200. The molecule has 0 aromatic heterocycles. The number of hydrogen-bond donors (Lipinski definition) is 2. The summed E-state index contributed by atoms with van der Waals surface area (Å²) in [7, 11) is 0. The van der Waals surface area contributed by atoms with Gasteiger partial charge >= 0.3 is 0 Å². The molecule has 0 bridgehead atoms. The van der Waals surface area contributed by atoms with Crippen LogP contribution in [0.1, 0.15) is 38.2 Å². The van der Waals surface area contributed by atoms with Gasteiger partial charge in [-0.15, -0.1) is 12.4 Å². The maximum absolute atomic E-state index is 12.2. The van der Waals surface area contributed by atoms with Gasteiger partial charge in [-0.25, -0.2) is 0 Å². The van der Waals surface area contributed by atoms with Crippen LogP contribution in [-0.4, -0.2) is 24.7 Å². The monoisotopic (exact) mass is 298 g/mol. The summed E-state index contributed by atoms with van der Waals surface area (Å²) in [6.07, 6.45) is 1.14. The topological polar surface area (TPSA) is 64.4 Å². The lowest BCUT2D eigenvalue weighted by Crippen LogP contribution is -2.54. The quantitative estimate of drug-likeness (QED) is 0.902. The molecule has 0 spiro atoms. The second-order valence-corrected chi connectivity index (χ2v) is 5.50. The Bertz CT molecular complexity index is 440. The molecule has 2 rings (SSSR count). The van der Waals surface area contributed by atoms with Crippen molar-refractivity contribution in [1.82, 2.24) is 0 Å². The Kier molecular flexibility index (Phi) is 5.99. The van der Waals surface area contributed by atoms with Crippen LogP contribution in [0, 0.1) is 0 Å². The van der Waals surface area contributed by atoms with E-state index < -0.39 is 5.54 Å². The van der Waals surface area contributed by atoms with E-state index in [-0.39, 0.29) is 18.3 Å². The zero-order valence-corrected chi connectivity index (χ0v) is 12.8. The predicted molar refractivity (Wildman–Crippen MR) is 83.4 cm³/mol. The van der Waals surface area contributed by atoms with E-state index in [1.165, 1.54) is 5.56 Å². The molecular formula is C15H23ClN2O2. The Morgan fingerprint density at radius 3 is 2.30 bits per heavy atom. The minimum atomic E-state index is -0.797. The molecule has 1 aromatic carbocycles. The molecule has 1 fully saturated rings. The number of benzene rings is 1. The van der Waals surface area contributed by atoms with Crippen LogP contribution in [0.15, 0.2) is 24.3 Å². The number of hydrogen-bond acceptors (Lipinski definition) is 3. The van der Waals surface area contributed by atoms with Crippen LogP contribution < -0.4 is 11.1 Å². The number of carbonyl (C=O) groups is 1. The van der Waals surface area contributed by atoms with Gasteiger partial charge in [0.1, 0.15) is 5.54 Å². The molecule has 1 heterocycles. The van der Waals surface area contributed by atoms with Crippen LogP contribution in [0.3, 0.4) is 0 Å². The fourth-order valence-corrected chi connectivity index (χ4v) is 2.17. The molecule has 1 aliphatic heterocycles. The third-order valence-electron chi connectivity index (χ3n) is 3.67. The summed E-state index contributed by atoms with van der Waals surface area (Å²) in [4.78, 5) is 12.2. The van der Waals surface area contributed by atoms with Gasteiger partial charge in [-0.1, -0.05) is 26.0 Å². The lowest BCUT2D eigenvalue weighted by atomic mass is 9.90. The van der Waals surface area contributed by atoms with E-state index >= 15 is 0 Å². The maximum atomic E-state index is 12.2. The van der Waals surface area contributed by atoms with Crippen LogP contribution in [0.5, 0.6) is 0 Å².